The van der Waals surface area contributed by atoms with E-state index in [1.54, 1.807) is 0 Å². The van der Waals surface area contributed by atoms with Crippen molar-refractivity contribution in [1.82, 2.24) is 5.32 Å². The maximum absolute atomic E-state index is 5.65. The van der Waals surface area contributed by atoms with E-state index in [1.807, 2.05) is 6.07 Å². The van der Waals surface area contributed by atoms with Crippen LogP contribution in [0.4, 0.5) is 0 Å². The molecule has 1 saturated carbocycles. The molecule has 2 nitrogen and oxygen atoms in total. The van der Waals surface area contributed by atoms with Gasteiger partial charge in [-0.2, -0.15) is 0 Å². The SMILES string of the molecule is c1ccc(C2OC2NC2CCCC2)cc1. The summed E-state index contributed by atoms with van der Waals surface area (Å²) in [6.07, 6.45) is 5.96. The predicted molar refractivity (Wildman–Crippen MR) is 59.4 cm³/mol. The quantitative estimate of drug-likeness (QED) is 0.764. The first kappa shape index (κ1) is 9.37. The predicted octanol–water partition coefficient (Wildman–Crippen LogP) is 2.62. The van der Waals surface area contributed by atoms with Crippen LogP contribution in [0, 0.1) is 0 Å². The van der Waals surface area contributed by atoms with Crippen molar-refractivity contribution in [2.24, 2.45) is 0 Å². The first-order valence-corrected chi connectivity index (χ1v) is 5.90. The van der Waals surface area contributed by atoms with Crippen LogP contribution >= 0.6 is 0 Å². The van der Waals surface area contributed by atoms with Gasteiger partial charge in [-0.3, -0.25) is 5.32 Å². The summed E-state index contributed by atoms with van der Waals surface area (Å²) in [5.41, 5.74) is 1.30. The minimum Gasteiger partial charge on any atom is -0.348 e. The van der Waals surface area contributed by atoms with Crippen molar-refractivity contribution in [3.63, 3.8) is 0 Å². The van der Waals surface area contributed by atoms with Gasteiger partial charge in [0.25, 0.3) is 0 Å². The van der Waals surface area contributed by atoms with Crippen LogP contribution in [0.2, 0.25) is 0 Å². The van der Waals surface area contributed by atoms with Gasteiger partial charge in [-0.15, -0.1) is 0 Å². The molecule has 1 saturated heterocycles. The van der Waals surface area contributed by atoms with Crippen molar-refractivity contribution in [2.45, 2.75) is 44.1 Å². The molecule has 3 rings (SSSR count). The molecule has 1 aromatic carbocycles. The standard InChI is InChI=1S/C13H17NO/c1-2-6-10(7-3-1)12-13(15-12)14-11-8-4-5-9-11/h1-3,6-7,11-14H,4-5,8-9H2. The lowest BCUT2D eigenvalue weighted by molar-refractivity contribution is 0.326. The monoisotopic (exact) mass is 203 g/mol. The van der Waals surface area contributed by atoms with E-state index in [0.717, 1.165) is 0 Å². The normalized spacial score (nSPS) is 30.7. The maximum Gasteiger partial charge on any atom is 0.140 e. The Balaban J connectivity index is 1.55. The highest BCUT2D eigenvalue weighted by Crippen LogP contribution is 2.37. The van der Waals surface area contributed by atoms with Crippen LogP contribution in [0.15, 0.2) is 30.3 Å². The van der Waals surface area contributed by atoms with Crippen LogP contribution in [0.3, 0.4) is 0 Å². The lowest BCUT2D eigenvalue weighted by Gasteiger charge is -2.08. The molecule has 80 valence electrons. The van der Waals surface area contributed by atoms with Crippen LogP contribution < -0.4 is 5.32 Å². The summed E-state index contributed by atoms with van der Waals surface area (Å²) in [7, 11) is 0. The van der Waals surface area contributed by atoms with Crippen LogP contribution in [0.5, 0.6) is 0 Å². The highest BCUT2D eigenvalue weighted by Gasteiger charge is 2.41. The Morgan fingerprint density at radius 1 is 1.07 bits per heavy atom. The van der Waals surface area contributed by atoms with Gasteiger partial charge >= 0.3 is 0 Å². The number of ether oxygens (including phenoxy) is 1. The zero-order valence-corrected chi connectivity index (χ0v) is 8.86. The fourth-order valence-corrected chi connectivity index (χ4v) is 2.46. The molecule has 2 aliphatic rings. The van der Waals surface area contributed by atoms with Crippen LogP contribution in [-0.4, -0.2) is 12.3 Å². The van der Waals surface area contributed by atoms with Crippen LogP contribution in [-0.2, 0) is 4.74 Å². The Kier molecular flexibility index (Phi) is 2.47. The summed E-state index contributed by atoms with van der Waals surface area (Å²) in [5, 5.41) is 3.58. The van der Waals surface area contributed by atoms with Gasteiger partial charge in [-0.1, -0.05) is 43.2 Å². The van der Waals surface area contributed by atoms with E-state index in [9.17, 15) is 0 Å². The molecule has 1 aliphatic carbocycles. The molecule has 0 radical (unpaired) electrons. The van der Waals surface area contributed by atoms with Crippen molar-refractivity contribution in [1.29, 1.82) is 0 Å². The van der Waals surface area contributed by atoms with Crippen molar-refractivity contribution < 1.29 is 4.74 Å². The molecule has 2 fully saturated rings. The number of epoxide rings is 1. The Hall–Kier alpha value is -0.860. The summed E-state index contributed by atoms with van der Waals surface area (Å²) in [6, 6.07) is 11.2. The molecule has 0 amide bonds. The highest BCUT2D eigenvalue weighted by molar-refractivity contribution is 5.21. The lowest BCUT2D eigenvalue weighted by Crippen LogP contribution is -2.29. The summed E-state index contributed by atoms with van der Waals surface area (Å²) < 4.78 is 5.65. The summed E-state index contributed by atoms with van der Waals surface area (Å²) in [4.78, 5) is 0. The number of rotatable bonds is 3. The number of hydrogen-bond donors (Lipinski definition) is 1. The van der Waals surface area contributed by atoms with Crippen molar-refractivity contribution >= 4 is 0 Å². The Labute approximate surface area is 90.6 Å². The van der Waals surface area contributed by atoms with E-state index >= 15 is 0 Å². The molecular formula is C13H17NO. The zero-order valence-electron chi connectivity index (χ0n) is 8.86. The van der Waals surface area contributed by atoms with E-state index in [1.165, 1.54) is 31.2 Å². The maximum atomic E-state index is 5.65. The van der Waals surface area contributed by atoms with Gasteiger partial charge < -0.3 is 4.74 Å². The van der Waals surface area contributed by atoms with Gasteiger partial charge in [0.15, 0.2) is 0 Å². The molecule has 2 unspecified atom stereocenters. The topological polar surface area (TPSA) is 24.6 Å². The van der Waals surface area contributed by atoms with Gasteiger partial charge in [-0.25, -0.2) is 0 Å². The molecule has 0 bridgehead atoms. The van der Waals surface area contributed by atoms with E-state index in [4.69, 9.17) is 4.74 Å². The van der Waals surface area contributed by atoms with Gasteiger partial charge in [0.1, 0.15) is 12.3 Å². The summed E-state index contributed by atoms with van der Waals surface area (Å²) in [5.74, 6) is 0. The van der Waals surface area contributed by atoms with Crippen molar-refractivity contribution in [2.75, 3.05) is 0 Å². The van der Waals surface area contributed by atoms with Gasteiger partial charge in [0.2, 0.25) is 0 Å². The second kappa shape index (κ2) is 3.95. The molecule has 0 aromatic heterocycles. The summed E-state index contributed by atoms with van der Waals surface area (Å²) in [6.45, 7) is 0. The number of benzene rings is 1. The summed E-state index contributed by atoms with van der Waals surface area (Å²) >= 11 is 0. The largest absolute Gasteiger partial charge is 0.348 e. The molecule has 1 aromatic rings. The number of hydrogen-bond acceptors (Lipinski definition) is 2. The third-order valence-electron chi connectivity index (χ3n) is 3.37. The van der Waals surface area contributed by atoms with E-state index in [-0.39, 0.29) is 6.23 Å². The van der Waals surface area contributed by atoms with Crippen LogP contribution in [0.1, 0.15) is 37.4 Å². The molecule has 0 spiro atoms. The fourth-order valence-electron chi connectivity index (χ4n) is 2.46. The van der Waals surface area contributed by atoms with Gasteiger partial charge in [0.05, 0.1) is 0 Å². The Bertz CT molecular complexity index is 319. The smallest absolute Gasteiger partial charge is 0.140 e. The Morgan fingerprint density at radius 2 is 1.80 bits per heavy atom. The van der Waals surface area contributed by atoms with E-state index < -0.39 is 0 Å². The third-order valence-corrected chi connectivity index (χ3v) is 3.37. The molecule has 2 heteroatoms. The van der Waals surface area contributed by atoms with Gasteiger partial charge in [0, 0.05) is 6.04 Å². The van der Waals surface area contributed by atoms with Gasteiger partial charge in [-0.05, 0) is 18.4 Å². The fraction of sp³-hybridized carbons (Fsp3) is 0.538. The molecule has 15 heavy (non-hydrogen) atoms. The van der Waals surface area contributed by atoms with Crippen LogP contribution in [0.25, 0.3) is 0 Å². The molecule has 2 atom stereocenters. The van der Waals surface area contributed by atoms with Crippen molar-refractivity contribution in [3.05, 3.63) is 35.9 Å². The average molecular weight is 203 g/mol. The Morgan fingerprint density at radius 3 is 2.53 bits per heavy atom. The zero-order chi connectivity index (χ0) is 10.1. The third kappa shape index (κ3) is 2.06. The molecular weight excluding hydrogens is 186 g/mol. The molecule has 1 heterocycles. The minimum atomic E-state index is 0.274. The second-order valence-corrected chi connectivity index (χ2v) is 4.54. The first-order valence-electron chi connectivity index (χ1n) is 5.90. The average Bonchev–Trinajstić information content (AvgIpc) is 2.84. The minimum absolute atomic E-state index is 0.274. The second-order valence-electron chi connectivity index (χ2n) is 4.54. The lowest BCUT2D eigenvalue weighted by atomic mass is 10.1. The van der Waals surface area contributed by atoms with Crippen molar-refractivity contribution in [3.8, 4) is 0 Å². The van der Waals surface area contributed by atoms with E-state index in [2.05, 4.69) is 29.6 Å². The number of nitrogens with one attached hydrogen (secondary N) is 1. The molecule has 1 aliphatic heterocycles. The highest BCUT2D eigenvalue weighted by atomic mass is 16.6. The van der Waals surface area contributed by atoms with E-state index in [0.29, 0.717) is 12.1 Å². The first-order chi connectivity index (χ1) is 7.43. The molecule has 1 N–H and O–H groups in total.